The van der Waals surface area contributed by atoms with Crippen molar-refractivity contribution in [2.75, 3.05) is 0 Å². The maximum absolute atomic E-state index is 13.2. The van der Waals surface area contributed by atoms with Gasteiger partial charge in [-0.1, -0.05) is 72.8 Å². The van der Waals surface area contributed by atoms with Gasteiger partial charge < -0.3 is 9.53 Å². The van der Waals surface area contributed by atoms with Crippen LogP contribution in [0.3, 0.4) is 0 Å². The van der Waals surface area contributed by atoms with E-state index in [4.69, 9.17) is 9.41 Å². The van der Waals surface area contributed by atoms with E-state index < -0.39 is 26.2 Å². The number of aromatic nitrogens is 1. The first-order valence-corrected chi connectivity index (χ1v) is 16.3. The number of alkyl halides is 3. The van der Waals surface area contributed by atoms with Gasteiger partial charge in [0.15, 0.2) is 8.32 Å². The van der Waals surface area contributed by atoms with Crippen molar-refractivity contribution < 1.29 is 22.7 Å². The number of nitrogens with zero attached hydrogens (tertiary/aromatic N) is 1. The Bertz CT molecular complexity index is 1190. The van der Waals surface area contributed by atoms with Gasteiger partial charge in [0.1, 0.15) is 6.10 Å². The van der Waals surface area contributed by atoms with Gasteiger partial charge in [-0.15, -0.1) is 0 Å². The van der Waals surface area contributed by atoms with E-state index in [-0.39, 0.29) is 22.5 Å². The fourth-order valence-electron chi connectivity index (χ4n) is 5.13. The van der Waals surface area contributed by atoms with Gasteiger partial charge in [-0.2, -0.15) is 13.2 Å². The van der Waals surface area contributed by atoms with Crippen molar-refractivity contribution in [3.05, 3.63) is 70.0 Å². The van der Waals surface area contributed by atoms with E-state index in [1.165, 1.54) is 12.1 Å². The smallest absolute Gasteiger partial charge is 0.410 e. The van der Waals surface area contributed by atoms with Crippen LogP contribution in [0.15, 0.2) is 30.8 Å². The standard InChI is InChI=1S/C31H44F3NO2Si/c1-18(2)24-25-22(16-30(8,9)17-23(25)37-38(10,11)29(5,6)7)35-27(19(3)4)26(24)28(36)20-12-14-21(15-13-20)31(32,33)34/h12-15,19,23,28,36H,1,16-17H2,2-11H3/t23-,28?/m0/s1. The summed E-state index contributed by atoms with van der Waals surface area (Å²) in [7, 11) is -2.18. The van der Waals surface area contributed by atoms with E-state index in [0.717, 1.165) is 53.1 Å². The molecule has 1 aliphatic rings. The number of rotatable bonds is 6. The molecule has 38 heavy (non-hydrogen) atoms. The number of aliphatic hydroxyl groups is 1. The number of fused-ring (bicyclic) bond motifs is 1. The van der Waals surface area contributed by atoms with Crippen molar-refractivity contribution in [2.24, 2.45) is 5.41 Å². The van der Waals surface area contributed by atoms with Crippen LogP contribution < -0.4 is 0 Å². The Morgan fingerprint density at radius 1 is 1.13 bits per heavy atom. The van der Waals surface area contributed by atoms with E-state index in [1.807, 2.05) is 20.8 Å². The maximum atomic E-state index is 13.2. The minimum atomic E-state index is -4.44. The average molecular weight is 548 g/mol. The number of benzene rings is 1. The highest BCUT2D eigenvalue weighted by atomic mass is 28.4. The van der Waals surface area contributed by atoms with Crippen molar-refractivity contribution in [1.82, 2.24) is 4.98 Å². The molecule has 1 unspecified atom stereocenters. The van der Waals surface area contributed by atoms with Gasteiger partial charge in [-0.05, 0) is 72.5 Å². The summed E-state index contributed by atoms with van der Waals surface area (Å²) in [5.74, 6) is -0.0118. The zero-order valence-electron chi connectivity index (χ0n) is 24.6. The molecule has 2 aromatic rings. The molecule has 0 amide bonds. The second-order valence-corrected chi connectivity index (χ2v) is 18.3. The molecule has 3 rings (SSSR count). The maximum Gasteiger partial charge on any atom is 0.416 e. The molecule has 1 N–H and O–H groups in total. The van der Waals surface area contributed by atoms with Crippen molar-refractivity contribution in [3.63, 3.8) is 0 Å². The average Bonchev–Trinajstić information content (AvgIpc) is 2.74. The van der Waals surface area contributed by atoms with Gasteiger partial charge in [0.2, 0.25) is 0 Å². The number of allylic oxidation sites excluding steroid dienone is 1. The van der Waals surface area contributed by atoms with Gasteiger partial charge >= 0.3 is 6.18 Å². The highest BCUT2D eigenvalue weighted by molar-refractivity contribution is 6.74. The lowest BCUT2D eigenvalue weighted by molar-refractivity contribution is -0.137. The van der Waals surface area contributed by atoms with Crippen LogP contribution in [0.5, 0.6) is 0 Å². The molecule has 3 nitrogen and oxygen atoms in total. The molecule has 1 heterocycles. The van der Waals surface area contributed by atoms with Gasteiger partial charge in [-0.3, -0.25) is 4.98 Å². The number of hydrogen-bond donors (Lipinski definition) is 1. The third kappa shape index (κ3) is 6.10. The highest BCUT2D eigenvalue weighted by Gasteiger charge is 2.45. The SMILES string of the molecule is C=C(C)c1c(C(O)c2ccc(C(F)(F)F)cc2)c(C(C)C)nc2c1[C@@H](O[Si](C)(C)C(C)(C)C)CC(C)(C)C2. The van der Waals surface area contributed by atoms with Crippen molar-refractivity contribution >= 4 is 13.9 Å². The van der Waals surface area contributed by atoms with Crippen LogP contribution in [0.4, 0.5) is 13.2 Å². The first-order chi connectivity index (χ1) is 17.2. The number of pyridine rings is 1. The Morgan fingerprint density at radius 2 is 1.68 bits per heavy atom. The summed E-state index contributed by atoms with van der Waals surface area (Å²) in [4.78, 5) is 5.15. The van der Waals surface area contributed by atoms with Crippen molar-refractivity contribution in [3.8, 4) is 0 Å². The Kier molecular flexibility index (Phi) is 8.22. The minimum Gasteiger partial charge on any atom is -0.410 e. The quantitative estimate of drug-likeness (QED) is 0.366. The van der Waals surface area contributed by atoms with Crippen LogP contribution in [-0.2, 0) is 17.0 Å². The first-order valence-electron chi connectivity index (χ1n) is 13.4. The molecule has 0 saturated heterocycles. The summed E-state index contributed by atoms with van der Waals surface area (Å²) >= 11 is 0. The zero-order valence-corrected chi connectivity index (χ0v) is 25.6. The monoisotopic (exact) mass is 547 g/mol. The van der Waals surface area contributed by atoms with Gasteiger partial charge in [0, 0.05) is 22.5 Å². The van der Waals surface area contributed by atoms with Crippen LogP contribution in [0.1, 0.15) is 119 Å². The van der Waals surface area contributed by atoms with E-state index in [9.17, 15) is 18.3 Å². The van der Waals surface area contributed by atoms with Crippen LogP contribution in [0.25, 0.3) is 5.57 Å². The molecule has 1 aliphatic carbocycles. The second kappa shape index (κ2) is 10.2. The van der Waals surface area contributed by atoms with Gasteiger partial charge in [0.25, 0.3) is 0 Å². The number of aliphatic hydroxyl groups excluding tert-OH is 1. The summed E-state index contributed by atoms with van der Waals surface area (Å²) in [5.41, 5.74) is 4.56. The molecule has 7 heteroatoms. The second-order valence-electron chi connectivity index (χ2n) is 13.5. The molecule has 1 aromatic carbocycles. The molecule has 2 atom stereocenters. The van der Waals surface area contributed by atoms with Crippen LogP contribution >= 0.6 is 0 Å². The third-order valence-corrected chi connectivity index (χ3v) is 12.6. The molecule has 210 valence electrons. The topological polar surface area (TPSA) is 42.4 Å². The van der Waals surface area contributed by atoms with Crippen molar-refractivity contribution in [1.29, 1.82) is 0 Å². The molecule has 1 aromatic heterocycles. The van der Waals surface area contributed by atoms with Crippen LogP contribution in [0, 0.1) is 5.41 Å². The summed E-state index contributed by atoms with van der Waals surface area (Å²) in [6.45, 7) is 25.9. The molecule has 0 bridgehead atoms. The van der Waals surface area contributed by atoms with E-state index in [0.29, 0.717) is 11.1 Å². The fourth-order valence-corrected chi connectivity index (χ4v) is 6.39. The summed E-state index contributed by atoms with van der Waals surface area (Å²) in [5, 5.41) is 11.7. The van der Waals surface area contributed by atoms with Crippen LogP contribution in [0.2, 0.25) is 18.1 Å². The first kappa shape index (κ1) is 30.6. The molecular weight excluding hydrogens is 503 g/mol. The number of halogens is 3. The Balaban J connectivity index is 2.30. The fraction of sp³-hybridized carbons (Fsp3) is 0.581. The van der Waals surface area contributed by atoms with Gasteiger partial charge in [-0.25, -0.2) is 0 Å². The molecule has 0 saturated carbocycles. The third-order valence-electron chi connectivity index (χ3n) is 8.13. The summed E-state index contributed by atoms with van der Waals surface area (Å²) < 4.78 is 46.6. The predicted molar refractivity (Wildman–Crippen MR) is 152 cm³/mol. The largest absolute Gasteiger partial charge is 0.416 e. The highest BCUT2D eigenvalue weighted by Crippen LogP contribution is 2.51. The molecule has 0 radical (unpaired) electrons. The Hall–Kier alpha value is -1.96. The van der Waals surface area contributed by atoms with Crippen LogP contribution in [-0.4, -0.2) is 18.4 Å². The zero-order chi connectivity index (χ0) is 29.0. The van der Waals surface area contributed by atoms with E-state index in [2.05, 4.69) is 54.3 Å². The molecule has 0 spiro atoms. The lowest BCUT2D eigenvalue weighted by atomic mass is 9.71. The Labute approximate surface area is 227 Å². The Morgan fingerprint density at radius 3 is 2.13 bits per heavy atom. The van der Waals surface area contributed by atoms with E-state index in [1.54, 1.807) is 0 Å². The van der Waals surface area contributed by atoms with E-state index >= 15 is 0 Å². The molecule has 0 fully saturated rings. The lowest BCUT2D eigenvalue weighted by Crippen LogP contribution is -2.44. The minimum absolute atomic E-state index is 0.00597. The van der Waals surface area contributed by atoms with Crippen molar-refractivity contribution in [2.45, 2.75) is 111 Å². The molecular formula is C31H44F3NO2Si. The lowest BCUT2D eigenvalue weighted by Gasteiger charge is -2.45. The summed E-state index contributed by atoms with van der Waals surface area (Å²) in [6.07, 6.45) is -4.22. The summed E-state index contributed by atoms with van der Waals surface area (Å²) in [6, 6.07) is 4.75. The number of hydrogen-bond acceptors (Lipinski definition) is 3. The molecule has 0 aliphatic heterocycles. The predicted octanol–water partition coefficient (Wildman–Crippen LogP) is 9.37. The van der Waals surface area contributed by atoms with Gasteiger partial charge in [0.05, 0.1) is 11.7 Å². The normalized spacial score (nSPS) is 18.9.